The minimum atomic E-state index is -0.0877. The van der Waals surface area contributed by atoms with E-state index in [-0.39, 0.29) is 11.8 Å². The number of aryl methyl sites for hydroxylation is 1. The van der Waals surface area contributed by atoms with Crippen molar-refractivity contribution in [2.24, 2.45) is 5.92 Å². The molecule has 6 nitrogen and oxygen atoms in total. The number of hydrogen-bond donors (Lipinski definition) is 1. The van der Waals surface area contributed by atoms with Crippen LogP contribution < -0.4 is 15.0 Å². The highest BCUT2D eigenvalue weighted by molar-refractivity contribution is 5.79. The minimum Gasteiger partial charge on any atom is -0.436 e. The van der Waals surface area contributed by atoms with Crippen LogP contribution in [0.5, 0.6) is 11.6 Å². The van der Waals surface area contributed by atoms with E-state index in [1.165, 1.54) is 5.56 Å². The van der Waals surface area contributed by atoms with E-state index in [1.807, 2.05) is 30.3 Å². The normalized spacial score (nSPS) is 16.0. The fourth-order valence-corrected chi connectivity index (χ4v) is 3.82. The first-order chi connectivity index (χ1) is 15.2. The van der Waals surface area contributed by atoms with Gasteiger partial charge in [-0.05, 0) is 42.5 Å². The Hall–Kier alpha value is -3.41. The van der Waals surface area contributed by atoms with Crippen LogP contribution in [0.3, 0.4) is 0 Å². The first-order valence-electron chi connectivity index (χ1n) is 10.9. The van der Waals surface area contributed by atoms with Crippen LogP contribution in [0.1, 0.15) is 30.9 Å². The summed E-state index contributed by atoms with van der Waals surface area (Å²) in [5, 5.41) is 3.10. The van der Waals surface area contributed by atoms with E-state index in [4.69, 9.17) is 4.74 Å². The van der Waals surface area contributed by atoms with E-state index in [9.17, 15) is 4.79 Å². The lowest BCUT2D eigenvalue weighted by Crippen LogP contribution is -2.43. The van der Waals surface area contributed by atoms with Gasteiger partial charge in [0.1, 0.15) is 5.75 Å². The Kier molecular flexibility index (Phi) is 6.77. The van der Waals surface area contributed by atoms with Crippen molar-refractivity contribution in [1.29, 1.82) is 0 Å². The number of aromatic nitrogens is 2. The first-order valence-corrected chi connectivity index (χ1v) is 10.9. The smallest absolute Gasteiger partial charge is 0.263 e. The second-order valence-electron chi connectivity index (χ2n) is 7.77. The second-order valence-corrected chi connectivity index (χ2v) is 7.77. The molecule has 1 N–H and O–H groups in total. The summed E-state index contributed by atoms with van der Waals surface area (Å²) in [6.07, 6.45) is 6.09. The number of rotatable bonds is 7. The van der Waals surface area contributed by atoms with Crippen LogP contribution >= 0.6 is 0 Å². The molecule has 0 saturated carbocycles. The second kappa shape index (κ2) is 10.1. The molecule has 1 atom stereocenters. The summed E-state index contributed by atoms with van der Waals surface area (Å²) >= 11 is 0. The van der Waals surface area contributed by atoms with Crippen LogP contribution in [0.25, 0.3) is 0 Å². The quantitative estimate of drug-likeness (QED) is 0.620. The number of nitrogens with one attached hydrogen (secondary N) is 1. The van der Waals surface area contributed by atoms with Gasteiger partial charge < -0.3 is 15.0 Å². The van der Waals surface area contributed by atoms with Crippen LogP contribution in [0.2, 0.25) is 0 Å². The Balaban J connectivity index is 1.39. The van der Waals surface area contributed by atoms with Gasteiger partial charge in [-0.15, -0.1) is 0 Å². The third-order valence-electron chi connectivity index (χ3n) is 5.59. The Morgan fingerprint density at radius 3 is 2.58 bits per heavy atom. The Labute approximate surface area is 183 Å². The zero-order valence-corrected chi connectivity index (χ0v) is 17.8. The van der Waals surface area contributed by atoms with Crippen LogP contribution in [-0.4, -0.2) is 29.0 Å². The molecule has 2 aromatic carbocycles. The summed E-state index contributed by atoms with van der Waals surface area (Å²) in [6.45, 7) is 4.11. The monoisotopic (exact) mass is 416 g/mol. The molecule has 1 amide bonds. The Morgan fingerprint density at radius 2 is 1.81 bits per heavy atom. The Bertz CT molecular complexity index is 992. The van der Waals surface area contributed by atoms with Crippen molar-refractivity contribution in [3.8, 4) is 11.6 Å². The number of hydrogen-bond acceptors (Lipinski definition) is 5. The fourth-order valence-electron chi connectivity index (χ4n) is 3.82. The highest BCUT2D eigenvalue weighted by Crippen LogP contribution is 2.31. The lowest BCUT2D eigenvalue weighted by Gasteiger charge is -2.33. The average Bonchev–Trinajstić information content (AvgIpc) is 2.84. The topological polar surface area (TPSA) is 67.4 Å². The summed E-state index contributed by atoms with van der Waals surface area (Å²) in [5.74, 6) is 1.85. The molecule has 0 bridgehead atoms. The van der Waals surface area contributed by atoms with Crippen molar-refractivity contribution >= 4 is 11.7 Å². The third kappa shape index (κ3) is 5.40. The number of carbonyl (C=O) groups excluding carboxylic acids is 1. The molecule has 3 aromatic rings. The van der Waals surface area contributed by atoms with E-state index < -0.39 is 0 Å². The maximum atomic E-state index is 12.8. The molecule has 1 aliphatic heterocycles. The van der Waals surface area contributed by atoms with Crippen LogP contribution in [0.4, 0.5) is 5.82 Å². The molecule has 160 valence electrons. The van der Waals surface area contributed by atoms with E-state index >= 15 is 0 Å². The van der Waals surface area contributed by atoms with Gasteiger partial charge in [0.15, 0.2) is 5.82 Å². The number of piperidine rings is 1. The van der Waals surface area contributed by atoms with E-state index in [0.717, 1.165) is 31.4 Å². The van der Waals surface area contributed by atoms with Crippen molar-refractivity contribution in [2.75, 3.05) is 18.0 Å². The third-order valence-corrected chi connectivity index (χ3v) is 5.59. The molecule has 6 heteroatoms. The predicted octanol–water partition coefficient (Wildman–Crippen LogP) is 4.36. The van der Waals surface area contributed by atoms with Gasteiger partial charge in [0.05, 0.1) is 5.92 Å². The highest BCUT2D eigenvalue weighted by atomic mass is 16.5. The number of benzene rings is 2. The Morgan fingerprint density at radius 1 is 1.06 bits per heavy atom. The summed E-state index contributed by atoms with van der Waals surface area (Å²) in [5.41, 5.74) is 2.42. The largest absolute Gasteiger partial charge is 0.436 e. The minimum absolute atomic E-state index is 0.0821. The molecule has 1 aliphatic rings. The van der Waals surface area contributed by atoms with Crippen molar-refractivity contribution in [1.82, 2.24) is 15.3 Å². The molecule has 4 rings (SSSR count). The number of nitrogens with zero attached hydrogens (tertiary/aromatic N) is 3. The van der Waals surface area contributed by atoms with Crippen molar-refractivity contribution < 1.29 is 9.53 Å². The van der Waals surface area contributed by atoms with Gasteiger partial charge in [-0.1, -0.05) is 49.4 Å². The molecule has 0 spiro atoms. The molecular weight excluding hydrogens is 388 g/mol. The fraction of sp³-hybridized carbons (Fsp3) is 0.320. The molecule has 0 aliphatic carbocycles. The van der Waals surface area contributed by atoms with E-state index in [2.05, 4.69) is 51.4 Å². The summed E-state index contributed by atoms with van der Waals surface area (Å²) in [4.78, 5) is 23.8. The molecule has 1 fully saturated rings. The van der Waals surface area contributed by atoms with E-state index in [1.54, 1.807) is 12.4 Å². The number of carbonyl (C=O) groups is 1. The first kappa shape index (κ1) is 20.8. The molecular formula is C25H28N4O2. The average molecular weight is 417 g/mol. The summed E-state index contributed by atoms with van der Waals surface area (Å²) in [6, 6.07) is 18.0. The van der Waals surface area contributed by atoms with Crippen LogP contribution in [0.15, 0.2) is 67.0 Å². The van der Waals surface area contributed by atoms with Crippen LogP contribution in [0, 0.1) is 5.92 Å². The maximum absolute atomic E-state index is 12.8. The van der Waals surface area contributed by atoms with Gasteiger partial charge in [0.25, 0.3) is 5.88 Å². The van der Waals surface area contributed by atoms with Crippen LogP contribution in [-0.2, 0) is 17.8 Å². The molecule has 1 saturated heterocycles. The molecule has 2 heterocycles. The zero-order valence-electron chi connectivity index (χ0n) is 17.8. The van der Waals surface area contributed by atoms with Gasteiger partial charge in [0, 0.05) is 32.0 Å². The lowest BCUT2D eigenvalue weighted by molar-refractivity contribution is -0.125. The maximum Gasteiger partial charge on any atom is 0.263 e. The van der Waals surface area contributed by atoms with Gasteiger partial charge >= 0.3 is 0 Å². The summed E-state index contributed by atoms with van der Waals surface area (Å²) < 4.78 is 5.97. The SMILES string of the molecule is CCc1ccc(CNC(=O)C2CCCN(c3nccnc3Oc3ccccc3)C2)cc1. The predicted molar refractivity (Wildman–Crippen MR) is 121 cm³/mol. The van der Waals surface area contributed by atoms with Gasteiger partial charge in [0.2, 0.25) is 5.91 Å². The number of ether oxygens (including phenoxy) is 1. The molecule has 31 heavy (non-hydrogen) atoms. The van der Waals surface area contributed by atoms with Crippen molar-refractivity contribution in [2.45, 2.75) is 32.7 Å². The highest BCUT2D eigenvalue weighted by Gasteiger charge is 2.28. The molecule has 1 aromatic heterocycles. The number of amides is 1. The molecule has 0 radical (unpaired) electrons. The van der Waals surface area contributed by atoms with Gasteiger partial charge in [-0.25, -0.2) is 9.97 Å². The zero-order chi connectivity index (χ0) is 21.5. The standard InChI is InChI=1S/C25H28N4O2/c1-2-19-10-12-20(13-11-19)17-28-24(30)21-7-6-16-29(18-21)23-25(27-15-14-26-23)31-22-8-4-3-5-9-22/h3-5,8-15,21H,2,6-7,16-18H2,1H3,(H,28,30). The van der Waals surface area contributed by atoms with Crippen molar-refractivity contribution in [3.63, 3.8) is 0 Å². The number of anilines is 1. The van der Waals surface area contributed by atoms with Crippen molar-refractivity contribution in [3.05, 3.63) is 78.1 Å². The van der Waals surface area contributed by atoms with Gasteiger partial charge in [-0.2, -0.15) is 0 Å². The summed E-state index contributed by atoms with van der Waals surface area (Å²) in [7, 11) is 0. The lowest BCUT2D eigenvalue weighted by atomic mass is 9.97. The van der Waals surface area contributed by atoms with Gasteiger partial charge in [-0.3, -0.25) is 4.79 Å². The van der Waals surface area contributed by atoms with E-state index in [0.29, 0.717) is 30.5 Å². The number of para-hydroxylation sites is 1. The molecule has 1 unspecified atom stereocenters.